The molecule has 1 aromatic rings. The van der Waals surface area contributed by atoms with Crippen molar-refractivity contribution in [2.45, 2.75) is 13.1 Å². The number of imide groups is 1. The van der Waals surface area contributed by atoms with Crippen LogP contribution in [0.25, 0.3) is 0 Å². The monoisotopic (exact) mass is 271 g/mol. The fraction of sp³-hybridized carbons (Fsp3) is 0.182. The number of amides is 2. The number of nitrogens with zero attached hydrogens (tertiary/aromatic N) is 2. The summed E-state index contributed by atoms with van der Waals surface area (Å²) in [4.78, 5) is 26.4. The molecule has 8 heteroatoms. The second-order valence-electron chi connectivity index (χ2n) is 3.85. The number of carbonyl (C=O) groups is 2. The highest BCUT2D eigenvalue weighted by Crippen LogP contribution is 2.29. The fourth-order valence-electron chi connectivity index (χ4n) is 1.44. The van der Waals surface area contributed by atoms with E-state index in [9.17, 15) is 22.8 Å². The minimum Gasteiger partial charge on any atom is -0.271 e. The van der Waals surface area contributed by atoms with Crippen molar-refractivity contribution in [3.8, 4) is 0 Å². The van der Waals surface area contributed by atoms with E-state index in [4.69, 9.17) is 0 Å². The number of halogens is 3. The predicted octanol–water partition coefficient (Wildman–Crippen LogP) is 1.74. The summed E-state index contributed by atoms with van der Waals surface area (Å²) in [5.41, 5.74) is 1.68. The zero-order valence-electron chi connectivity index (χ0n) is 9.65. The summed E-state index contributed by atoms with van der Waals surface area (Å²) >= 11 is 0. The zero-order valence-corrected chi connectivity index (χ0v) is 9.65. The van der Waals surface area contributed by atoms with Gasteiger partial charge in [0.1, 0.15) is 5.82 Å². The van der Waals surface area contributed by atoms with Gasteiger partial charge in [0.15, 0.2) is 0 Å². The third kappa shape index (κ3) is 2.56. The number of hydrazine groups is 1. The van der Waals surface area contributed by atoms with E-state index < -0.39 is 23.6 Å². The fourth-order valence-corrected chi connectivity index (χ4v) is 1.44. The van der Waals surface area contributed by atoms with Gasteiger partial charge in [0.25, 0.3) is 11.8 Å². The van der Waals surface area contributed by atoms with E-state index in [0.717, 1.165) is 18.2 Å². The highest BCUT2D eigenvalue weighted by molar-refractivity contribution is 6.16. The topological polar surface area (TPSA) is 62.3 Å². The third-order valence-electron chi connectivity index (χ3n) is 2.42. The molecular weight excluding hydrogens is 263 g/mol. The van der Waals surface area contributed by atoms with Crippen molar-refractivity contribution in [3.05, 3.63) is 35.5 Å². The van der Waals surface area contributed by atoms with Gasteiger partial charge in [-0.05, 0) is 19.1 Å². The Labute approximate surface area is 105 Å². The Kier molecular flexibility index (Phi) is 3.01. The summed E-state index contributed by atoms with van der Waals surface area (Å²) in [5, 5.41) is 0.685. The van der Waals surface area contributed by atoms with Crippen LogP contribution in [0.4, 0.5) is 19.0 Å². The summed E-state index contributed by atoms with van der Waals surface area (Å²) in [6.45, 7) is 1.46. The van der Waals surface area contributed by atoms with Crippen LogP contribution in [0, 0.1) is 0 Å². The number of alkyl halides is 3. The van der Waals surface area contributed by atoms with Crippen molar-refractivity contribution in [2.75, 3.05) is 5.43 Å². The van der Waals surface area contributed by atoms with E-state index in [1.54, 1.807) is 0 Å². The van der Waals surface area contributed by atoms with Crippen LogP contribution in [0.5, 0.6) is 0 Å². The first-order valence-electron chi connectivity index (χ1n) is 5.15. The maximum absolute atomic E-state index is 12.3. The molecule has 2 heterocycles. The van der Waals surface area contributed by atoms with Crippen molar-refractivity contribution < 1.29 is 22.8 Å². The lowest BCUT2D eigenvalue weighted by atomic mass is 10.3. The summed E-state index contributed by atoms with van der Waals surface area (Å²) < 4.78 is 36.9. The summed E-state index contributed by atoms with van der Waals surface area (Å²) in [6.07, 6.45) is -2.74. The van der Waals surface area contributed by atoms with Crippen LogP contribution in [0.3, 0.4) is 0 Å². The molecule has 0 atom stereocenters. The highest BCUT2D eigenvalue weighted by Gasteiger charge is 2.31. The van der Waals surface area contributed by atoms with Gasteiger partial charge in [0, 0.05) is 17.8 Å². The molecule has 0 aliphatic carbocycles. The van der Waals surface area contributed by atoms with Crippen LogP contribution < -0.4 is 5.43 Å². The molecule has 5 nitrogen and oxygen atoms in total. The van der Waals surface area contributed by atoms with E-state index in [1.165, 1.54) is 6.92 Å². The standard InChI is InChI=1S/C11H8F3N3O2/c1-6-4-9(18)17(10(6)19)16-8-3-2-7(5-15-8)11(12,13)14/h2-5H,1H3,(H,15,16). The third-order valence-corrected chi connectivity index (χ3v) is 2.42. The molecule has 0 aromatic carbocycles. The minimum atomic E-state index is -4.48. The van der Waals surface area contributed by atoms with E-state index in [1.807, 2.05) is 0 Å². The Hall–Kier alpha value is -2.38. The molecule has 1 aromatic heterocycles. The number of carbonyl (C=O) groups excluding carboxylic acids is 2. The Morgan fingerprint density at radius 3 is 2.37 bits per heavy atom. The average Bonchev–Trinajstić information content (AvgIpc) is 2.56. The largest absolute Gasteiger partial charge is 0.417 e. The molecule has 19 heavy (non-hydrogen) atoms. The Morgan fingerprint density at radius 1 is 1.26 bits per heavy atom. The lowest BCUT2D eigenvalue weighted by Gasteiger charge is -2.16. The SMILES string of the molecule is CC1=CC(=O)N(Nc2ccc(C(F)(F)F)cn2)C1=O. The van der Waals surface area contributed by atoms with Crippen LogP contribution >= 0.6 is 0 Å². The molecule has 0 spiro atoms. The van der Waals surface area contributed by atoms with E-state index in [-0.39, 0.29) is 11.4 Å². The molecule has 0 saturated heterocycles. The number of pyridine rings is 1. The number of rotatable bonds is 2. The van der Waals surface area contributed by atoms with Gasteiger partial charge in [-0.2, -0.15) is 18.2 Å². The van der Waals surface area contributed by atoms with Gasteiger partial charge in [-0.25, -0.2) is 4.98 Å². The van der Waals surface area contributed by atoms with Crippen molar-refractivity contribution in [2.24, 2.45) is 0 Å². The minimum absolute atomic E-state index is 0.0298. The van der Waals surface area contributed by atoms with E-state index >= 15 is 0 Å². The molecule has 100 valence electrons. The van der Waals surface area contributed by atoms with E-state index in [0.29, 0.717) is 11.2 Å². The van der Waals surface area contributed by atoms with Gasteiger partial charge in [0.05, 0.1) is 5.56 Å². The van der Waals surface area contributed by atoms with E-state index in [2.05, 4.69) is 10.4 Å². The van der Waals surface area contributed by atoms with Crippen molar-refractivity contribution in [3.63, 3.8) is 0 Å². The summed E-state index contributed by atoms with van der Waals surface area (Å²) in [7, 11) is 0. The lowest BCUT2D eigenvalue weighted by molar-refractivity contribution is -0.138. The zero-order chi connectivity index (χ0) is 14.2. The van der Waals surface area contributed by atoms with Crippen LogP contribution in [-0.2, 0) is 15.8 Å². The smallest absolute Gasteiger partial charge is 0.271 e. The van der Waals surface area contributed by atoms with Crippen molar-refractivity contribution in [1.82, 2.24) is 9.99 Å². The van der Waals surface area contributed by atoms with Gasteiger partial charge >= 0.3 is 6.18 Å². The Morgan fingerprint density at radius 2 is 1.95 bits per heavy atom. The Balaban J connectivity index is 2.13. The van der Waals surface area contributed by atoms with Crippen LogP contribution in [0.1, 0.15) is 12.5 Å². The molecule has 0 unspecified atom stereocenters. The molecule has 2 amide bonds. The lowest BCUT2D eigenvalue weighted by Crippen LogP contribution is -2.36. The Bertz CT molecular complexity index is 564. The molecule has 0 radical (unpaired) electrons. The van der Waals surface area contributed by atoms with Gasteiger partial charge in [0.2, 0.25) is 0 Å². The summed E-state index contributed by atoms with van der Waals surface area (Å²) in [6, 6.07) is 1.84. The molecule has 0 saturated carbocycles. The number of nitrogens with one attached hydrogen (secondary N) is 1. The van der Waals surface area contributed by atoms with Gasteiger partial charge < -0.3 is 0 Å². The normalized spacial score (nSPS) is 15.8. The molecule has 1 aliphatic rings. The van der Waals surface area contributed by atoms with Gasteiger partial charge in [-0.1, -0.05) is 0 Å². The number of hydrogen-bond donors (Lipinski definition) is 1. The average molecular weight is 271 g/mol. The predicted molar refractivity (Wildman–Crippen MR) is 58.5 cm³/mol. The van der Waals surface area contributed by atoms with Crippen molar-refractivity contribution in [1.29, 1.82) is 0 Å². The molecule has 0 bridgehead atoms. The number of anilines is 1. The molecule has 1 N–H and O–H groups in total. The number of hydrogen-bond acceptors (Lipinski definition) is 4. The molecule has 0 fully saturated rings. The molecule has 2 rings (SSSR count). The molecule has 1 aliphatic heterocycles. The quantitative estimate of drug-likeness (QED) is 0.832. The maximum atomic E-state index is 12.3. The number of aromatic nitrogens is 1. The highest BCUT2D eigenvalue weighted by atomic mass is 19.4. The second-order valence-corrected chi connectivity index (χ2v) is 3.85. The second kappa shape index (κ2) is 4.38. The maximum Gasteiger partial charge on any atom is 0.417 e. The first-order valence-corrected chi connectivity index (χ1v) is 5.15. The van der Waals surface area contributed by atoms with Gasteiger partial charge in [-0.15, -0.1) is 0 Å². The van der Waals surface area contributed by atoms with Crippen LogP contribution in [0.2, 0.25) is 0 Å². The van der Waals surface area contributed by atoms with Crippen LogP contribution in [-0.4, -0.2) is 21.8 Å². The van der Waals surface area contributed by atoms with Crippen molar-refractivity contribution >= 4 is 17.6 Å². The first-order chi connectivity index (χ1) is 8.79. The van der Waals surface area contributed by atoms with Gasteiger partial charge in [-0.3, -0.25) is 15.0 Å². The van der Waals surface area contributed by atoms with Crippen LogP contribution in [0.15, 0.2) is 30.0 Å². The molecular formula is C11H8F3N3O2. The first kappa shape index (κ1) is 13.1. The summed E-state index contributed by atoms with van der Waals surface area (Å²) in [5.74, 6) is -1.19.